The minimum Gasteiger partial charge on any atom is -0.497 e. The molecule has 1 amide bonds. The maximum atomic E-state index is 10.9. The van der Waals surface area contributed by atoms with E-state index < -0.39 is 0 Å². The van der Waals surface area contributed by atoms with Crippen LogP contribution in [0, 0.1) is 0 Å². The number of hydrogen-bond acceptors (Lipinski definition) is 3. The molecule has 0 saturated heterocycles. The second-order valence-electron chi connectivity index (χ2n) is 4.49. The molecule has 2 aromatic carbocycles. The lowest BCUT2D eigenvalue weighted by molar-refractivity contribution is -0.110. The Bertz CT molecular complexity index is 564. The molecule has 0 radical (unpaired) electrons. The topological polar surface area (TPSA) is 47.6 Å². The lowest BCUT2D eigenvalue weighted by Gasteiger charge is -2.18. The van der Waals surface area contributed by atoms with E-state index in [9.17, 15) is 4.79 Å². The van der Waals surface area contributed by atoms with Gasteiger partial charge in [-0.25, -0.2) is 0 Å². The van der Waals surface area contributed by atoms with Crippen molar-refractivity contribution in [1.82, 2.24) is 5.32 Å². The Morgan fingerprint density at radius 1 is 1.00 bits per heavy atom. The normalized spacial score (nSPS) is 11.5. The summed E-state index contributed by atoms with van der Waals surface area (Å²) in [5.74, 6) is 1.61. The monoisotopic (exact) mass is 285 g/mol. The Morgan fingerprint density at radius 3 is 1.95 bits per heavy atom. The fraction of sp³-hybridized carbons (Fsp3) is 0.235. The predicted octanol–water partition coefficient (Wildman–Crippen LogP) is 2.93. The summed E-state index contributed by atoms with van der Waals surface area (Å²) in [4.78, 5) is 10.9. The van der Waals surface area contributed by atoms with Gasteiger partial charge in [0.15, 0.2) is 0 Å². The van der Waals surface area contributed by atoms with Gasteiger partial charge in [0.2, 0.25) is 6.41 Å². The zero-order chi connectivity index (χ0) is 15.1. The van der Waals surface area contributed by atoms with Crippen molar-refractivity contribution in [2.45, 2.75) is 13.0 Å². The molecular weight excluding hydrogens is 266 g/mol. The van der Waals surface area contributed by atoms with Crippen LogP contribution in [0.4, 0.5) is 0 Å². The van der Waals surface area contributed by atoms with Crippen LogP contribution in [0.5, 0.6) is 11.5 Å². The summed E-state index contributed by atoms with van der Waals surface area (Å²) >= 11 is 0. The molecule has 0 aromatic heterocycles. The molecule has 0 spiro atoms. The zero-order valence-corrected chi connectivity index (χ0v) is 12.2. The van der Waals surface area contributed by atoms with E-state index in [1.807, 2.05) is 55.5 Å². The highest BCUT2D eigenvalue weighted by atomic mass is 16.5. The molecule has 0 aliphatic carbocycles. The van der Waals surface area contributed by atoms with E-state index in [0.717, 1.165) is 22.6 Å². The fourth-order valence-corrected chi connectivity index (χ4v) is 2.17. The standard InChI is InChI=1S/C17H19NO3/c1-3-21-16-10-6-14(7-11-16)17(18-12-19)13-4-8-15(20-2)9-5-13/h4-12,17H,3H2,1-2H3,(H,18,19). The summed E-state index contributed by atoms with van der Waals surface area (Å²) in [6.07, 6.45) is 0.714. The van der Waals surface area contributed by atoms with Crippen molar-refractivity contribution in [3.63, 3.8) is 0 Å². The van der Waals surface area contributed by atoms with Crippen LogP contribution in [0.3, 0.4) is 0 Å². The Morgan fingerprint density at radius 2 is 1.52 bits per heavy atom. The van der Waals surface area contributed by atoms with Gasteiger partial charge >= 0.3 is 0 Å². The van der Waals surface area contributed by atoms with Crippen LogP contribution < -0.4 is 14.8 Å². The quantitative estimate of drug-likeness (QED) is 0.796. The predicted molar refractivity (Wildman–Crippen MR) is 81.6 cm³/mol. The fourth-order valence-electron chi connectivity index (χ4n) is 2.17. The van der Waals surface area contributed by atoms with E-state index in [4.69, 9.17) is 9.47 Å². The molecular formula is C17H19NO3. The molecule has 0 fully saturated rings. The van der Waals surface area contributed by atoms with E-state index in [1.54, 1.807) is 7.11 Å². The largest absolute Gasteiger partial charge is 0.497 e. The SMILES string of the molecule is CCOc1ccc(C(NC=O)c2ccc(OC)cc2)cc1. The molecule has 0 bridgehead atoms. The third-order valence-corrected chi connectivity index (χ3v) is 3.21. The van der Waals surface area contributed by atoms with Crippen molar-refractivity contribution < 1.29 is 14.3 Å². The van der Waals surface area contributed by atoms with Gasteiger partial charge in [0, 0.05) is 0 Å². The van der Waals surface area contributed by atoms with E-state index >= 15 is 0 Å². The lowest BCUT2D eigenvalue weighted by atomic mass is 9.98. The van der Waals surface area contributed by atoms with Gasteiger partial charge in [-0.2, -0.15) is 0 Å². The number of amides is 1. The smallest absolute Gasteiger partial charge is 0.207 e. The first-order valence-corrected chi connectivity index (χ1v) is 6.85. The van der Waals surface area contributed by atoms with Crippen LogP contribution in [0.15, 0.2) is 48.5 Å². The van der Waals surface area contributed by atoms with E-state index in [0.29, 0.717) is 13.0 Å². The average molecular weight is 285 g/mol. The molecule has 110 valence electrons. The molecule has 1 N–H and O–H groups in total. The summed E-state index contributed by atoms with van der Waals surface area (Å²) in [6, 6.07) is 15.2. The van der Waals surface area contributed by atoms with E-state index in [-0.39, 0.29) is 6.04 Å². The molecule has 0 aliphatic rings. The van der Waals surface area contributed by atoms with Crippen molar-refractivity contribution in [2.75, 3.05) is 13.7 Å². The number of benzene rings is 2. The Kier molecular flexibility index (Phi) is 5.21. The number of hydrogen-bond donors (Lipinski definition) is 1. The molecule has 0 heterocycles. The minimum absolute atomic E-state index is 0.191. The molecule has 0 saturated carbocycles. The van der Waals surface area contributed by atoms with Gasteiger partial charge in [-0.15, -0.1) is 0 Å². The molecule has 2 aromatic rings. The second kappa shape index (κ2) is 7.33. The molecule has 1 unspecified atom stereocenters. The van der Waals surface area contributed by atoms with Gasteiger partial charge in [0.05, 0.1) is 19.8 Å². The Hall–Kier alpha value is -2.49. The van der Waals surface area contributed by atoms with Crippen molar-refractivity contribution in [3.8, 4) is 11.5 Å². The summed E-state index contributed by atoms with van der Waals surface area (Å²) in [6.45, 7) is 2.58. The summed E-state index contributed by atoms with van der Waals surface area (Å²) in [5.41, 5.74) is 1.99. The van der Waals surface area contributed by atoms with Gasteiger partial charge in [-0.05, 0) is 42.3 Å². The maximum absolute atomic E-state index is 10.9. The first-order chi connectivity index (χ1) is 10.3. The molecule has 1 atom stereocenters. The van der Waals surface area contributed by atoms with Crippen LogP contribution in [-0.4, -0.2) is 20.1 Å². The van der Waals surface area contributed by atoms with Gasteiger partial charge in [0.1, 0.15) is 11.5 Å². The maximum Gasteiger partial charge on any atom is 0.207 e. The molecule has 21 heavy (non-hydrogen) atoms. The number of carbonyl (C=O) groups excluding carboxylic acids is 1. The Balaban J connectivity index is 2.26. The molecule has 2 rings (SSSR count). The van der Waals surface area contributed by atoms with Crippen LogP contribution in [0.25, 0.3) is 0 Å². The van der Waals surface area contributed by atoms with Crippen molar-refractivity contribution >= 4 is 6.41 Å². The molecule has 0 aliphatic heterocycles. The third-order valence-electron chi connectivity index (χ3n) is 3.21. The summed E-state index contributed by atoms with van der Waals surface area (Å²) in [5, 5.41) is 2.84. The van der Waals surface area contributed by atoms with Crippen molar-refractivity contribution in [2.24, 2.45) is 0 Å². The van der Waals surface area contributed by atoms with Gasteiger partial charge in [-0.1, -0.05) is 24.3 Å². The summed E-state index contributed by atoms with van der Waals surface area (Å²) < 4.78 is 10.6. The second-order valence-corrected chi connectivity index (χ2v) is 4.49. The number of rotatable bonds is 7. The van der Waals surface area contributed by atoms with E-state index in [2.05, 4.69) is 5.32 Å². The number of methoxy groups -OCH3 is 1. The first-order valence-electron chi connectivity index (χ1n) is 6.85. The highest BCUT2D eigenvalue weighted by Gasteiger charge is 2.13. The lowest BCUT2D eigenvalue weighted by Crippen LogP contribution is -2.20. The van der Waals surface area contributed by atoms with Crippen molar-refractivity contribution in [1.29, 1.82) is 0 Å². The average Bonchev–Trinajstić information content (AvgIpc) is 2.54. The van der Waals surface area contributed by atoms with Gasteiger partial charge in [0.25, 0.3) is 0 Å². The number of carbonyl (C=O) groups is 1. The van der Waals surface area contributed by atoms with E-state index in [1.165, 1.54) is 0 Å². The summed E-state index contributed by atoms with van der Waals surface area (Å²) in [7, 11) is 1.63. The van der Waals surface area contributed by atoms with Crippen LogP contribution in [0.1, 0.15) is 24.1 Å². The minimum atomic E-state index is -0.191. The Labute approximate surface area is 124 Å². The zero-order valence-electron chi connectivity index (χ0n) is 12.2. The molecule has 4 nitrogen and oxygen atoms in total. The molecule has 4 heteroatoms. The highest BCUT2D eigenvalue weighted by molar-refractivity contribution is 5.51. The third kappa shape index (κ3) is 3.75. The van der Waals surface area contributed by atoms with Crippen molar-refractivity contribution in [3.05, 3.63) is 59.7 Å². The number of nitrogens with one attached hydrogen (secondary N) is 1. The van der Waals surface area contributed by atoms with Gasteiger partial charge in [-0.3, -0.25) is 4.79 Å². The number of ether oxygens (including phenoxy) is 2. The van der Waals surface area contributed by atoms with Crippen LogP contribution in [-0.2, 0) is 4.79 Å². The van der Waals surface area contributed by atoms with Crippen LogP contribution in [0.2, 0.25) is 0 Å². The van der Waals surface area contributed by atoms with Crippen LogP contribution >= 0.6 is 0 Å². The first kappa shape index (κ1) is 14.9. The van der Waals surface area contributed by atoms with Gasteiger partial charge < -0.3 is 14.8 Å². The highest BCUT2D eigenvalue weighted by Crippen LogP contribution is 2.25.